The smallest absolute Gasteiger partial charge is 0.0726 e. The molecule has 1 aromatic heterocycles. The lowest BCUT2D eigenvalue weighted by Gasteiger charge is -2.15. The van der Waals surface area contributed by atoms with Gasteiger partial charge in [-0.3, -0.25) is 4.98 Å². The minimum atomic E-state index is 1.10. The fraction of sp³-hybridized carbons (Fsp3) is 0.211. The molecular weight excluding hydrogens is 383 g/mol. The summed E-state index contributed by atoms with van der Waals surface area (Å²) < 4.78 is 1.25. The number of aromatic nitrogens is 1. The Labute approximate surface area is 144 Å². The summed E-state index contributed by atoms with van der Waals surface area (Å²) in [5.74, 6) is 0. The van der Waals surface area contributed by atoms with E-state index in [1.807, 2.05) is 0 Å². The van der Waals surface area contributed by atoms with Crippen molar-refractivity contribution in [3.8, 4) is 0 Å². The van der Waals surface area contributed by atoms with Crippen LogP contribution in [0.3, 0.4) is 0 Å². The summed E-state index contributed by atoms with van der Waals surface area (Å²) in [6.45, 7) is 2.14. The maximum Gasteiger partial charge on any atom is 0.0726 e. The van der Waals surface area contributed by atoms with Gasteiger partial charge in [0, 0.05) is 20.3 Å². The zero-order chi connectivity index (χ0) is 15.1. The number of nitrogens with one attached hydrogen (secondary N) is 1. The molecule has 4 rings (SSSR count). The molecule has 0 saturated heterocycles. The maximum absolute atomic E-state index is 4.87. The van der Waals surface area contributed by atoms with Crippen LogP contribution in [0.15, 0.2) is 42.5 Å². The monoisotopic (exact) mass is 400 g/mol. The van der Waals surface area contributed by atoms with E-state index in [1.54, 1.807) is 0 Å². The third-order valence-corrected chi connectivity index (χ3v) is 5.00. The molecule has 110 valence electrons. The van der Waals surface area contributed by atoms with E-state index < -0.39 is 0 Å². The molecule has 0 saturated carbocycles. The number of pyridine rings is 1. The van der Waals surface area contributed by atoms with Crippen molar-refractivity contribution in [3.05, 3.63) is 62.9 Å². The number of benzene rings is 2. The number of halogens is 1. The van der Waals surface area contributed by atoms with Crippen molar-refractivity contribution in [1.82, 2.24) is 4.98 Å². The Balaban J connectivity index is 1.90. The molecule has 0 unspecified atom stereocenters. The number of aryl methyl sites for hydroxylation is 2. The van der Waals surface area contributed by atoms with Crippen LogP contribution in [0.2, 0.25) is 0 Å². The second kappa shape index (κ2) is 5.54. The molecule has 0 aliphatic heterocycles. The number of fused-ring (bicyclic) bond motifs is 2. The van der Waals surface area contributed by atoms with Crippen molar-refractivity contribution in [3.63, 3.8) is 0 Å². The first kappa shape index (κ1) is 14.0. The molecule has 0 atom stereocenters. The SMILES string of the molecule is Cc1ccc2nc3c(c(Nc4ccc(I)cc4)c2c1)CCC3. The van der Waals surface area contributed by atoms with Gasteiger partial charge < -0.3 is 5.32 Å². The number of nitrogens with zero attached hydrogens (tertiary/aromatic N) is 1. The minimum absolute atomic E-state index is 1.10. The molecule has 22 heavy (non-hydrogen) atoms. The zero-order valence-electron chi connectivity index (χ0n) is 12.5. The number of anilines is 2. The van der Waals surface area contributed by atoms with Gasteiger partial charge in [-0.15, -0.1) is 0 Å². The fourth-order valence-corrected chi connectivity index (χ4v) is 3.56. The lowest BCUT2D eigenvalue weighted by atomic mass is 10.0. The van der Waals surface area contributed by atoms with Gasteiger partial charge in [0.2, 0.25) is 0 Å². The minimum Gasteiger partial charge on any atom is -0.355 e. The van der Waals surface area contributed by atoms with E-state index in [4.69, 9.17) is 4.98 Å². The molecule has 1 N–H and O–H groups in total. The van der Waals surface area contributed by atoms with Gasteiger partial charge in [0.05, 0.1) is 11.2 Å². The molecule has 1 heterocycles. The first-order valence-corrected chi connectivity index (χ1v) is 8.73. The summed E-state index contributed by atoms with van der Waals surface area (Å²) in [6.07, 6.45) is 3.43. The molecule has 2 nitrogen and oxygen atoms in total. The molecule has 0 amide bonds. The van der Waals surface area contributed by atoms with Gasteiger partial charge in [0.15, 0.2) is 0 Å². The fourth-order valence-electron chi connectivity index (χ4n) is 3.20. The Kier molecular flexibility index (Phi) is 3.53. The Hall–Kier alpha value is -1.62. The summed E-state index contributed by atoms with van der Waals surface area (Å²) in [6, 6.07) is 15.1. The molecule has 3 heteroatoms. The second-order valence-corrected chi connectivity index (χ2v) is 7.16. The van der Waals surface area contributed by atoms with Gasteiger partial charge in [0.1, 0.15) is 0 Å². The van der Waals surface area contributed by atoms with Gasteiger partial charge in [-0.1, -0.05) is 11.6 Å². The predicted molar refractivity (Wildman–Crippen MR) is 101 cm³/mol. The highest BCUT2D eigenvalue weighted by atomic mass is 127. The first-order valence-electron chi connectivity index (χ1n) is 7.65. The van der Waals surface area contributed by atoms with Crippen LogP contribution in [0.25, 0.3) is 10.9 Å². The van der Waals surface area contributed by atoms with Crippen LogP contribution >= 0.6 is 22.6 Å². The highest BCUT2D eigenvalue weighted by Gasteiger charge is 2.19. The topological polar surface area (TPSA) is 24.9 Å². The summed E-state index contributed by atoms with van der Waals surface area (Å²) >= 11 is 2.34. The van der Waals surface area contributed by atoms with Gasteiger partial charge in [-0.2, -0.15) is 0 Å². The molecule has 1 aliphatic rings. The van der Waals surface area contributed by atoms with Crippen LogP contribution < -0.4 is 5.32 Å². The van der Waals surface area contributed by atoms with Crippen LogP contribution in [0.5, 0.6) is 0 Å². The number of hydrogen-bond donors (Lipinski definition) is 1. The molecule has 0 spiro atoms. The van der Waals surface area contributed by atoms with Crippen molar-refractivity contribution in [2.75, 3.05) is 5.32 Å². The molecular formula is C19H17IN2. The summed E-state index contributed by atoms with van der Waals surface area (Å²) in [7, 11) is 0. The first-order chi connectivity index (χ1) is 10.7. The van der Waals surface area contributed by atoms with Gasteiger partial charge >= 0.3 is 0 Å². The van der Waals surface area contributed by atoms with Gasteiger partial charge in [-0.05, 0) is 90.7 Å². The zero-order valence-corrected chi connectivity index (χ0v) is 14.6. The normalized spacial score (nSPS) is 13.4. The number of rotatable bonds is 2. The largest absolute Gasteiger partial charge is 0.355 e. The van der Waals surface area contributed by atoms with E-state index in [2.05, 4.69) is 77.3 Å². The average molecular weight is 400 g/mol. The van der Waals surface area contributed by atoms with E-state index in [-0.39, 0.29) is 0 Å². The van der Waals surface area contributed by atoms with Crippen molar-refractivity contribution < 1.29 is 0 Å². The van der Waals surface area contributed by atoms with Crippen molar-refractivity contribution in [2.45, 2.75) is 26.2 Å². The Morgan fingerprint density at radius 3 is 2.68 bits per heavy atom. The lowest BCUT2D eigenvalue weighted by molar-refractivity contribution is 0.901. The maximum atomic E-state index is 4.87. The van der Waals surface area contributed by atoms with E-state index in [9.17, 15) is 0 Å². The van der Waals surface area contributed by atoms with Crippen LogP contribution in [-0.2, 0) is 12.8 Å². The summed E-state index contributed by atoms with van der Waals surface area (Å²) in [5, 5.41) is 4.89. The van der Waals surface area contributed by atoms with Crippen LogP contribution in [-0.4, -0.2) is 4.98 Å². The van der Waals surface area contributed by atoms with E-state index in [0.29, 0.717) is 0 Å². The molecule has 1 aliphatic carbocycles. The van der Waals surface area contributed by atoms with E-state index in [1.165, 1.54) is 37.9 Å². The predicted octanol–water partition coefficient (Wildman–Crippen LogP) is 5.38. The Morgan fingerprint density at radius 2 is 1.86 bits per heavy atom. The van der Waals surface area contributed by atoms with E-state index >= 15 is 0 Å². The van der Waals surface area contributed by atoms with Crippen LogP contribution in [0.1, 0.15) is 23.2 Å². The standard InChI is InChI=1S/C19H17IN2/c1-12-5-10-18-16(11-12)19(15-3-2-4-17(15)22-18)21-14-8-6-13(20)7-9-14/h5-11H,2-4H2,1H3,(H,21,22). The highest BCUT2D eigenvalue weighted by Crippen LogP contribution is 2.36. The van der Waals surface area contributed by atoms with Crippen molar-refractivity contribution >= 4 is 44.9 Å². The van der Waals surface area contributed by atoms with Crippen LogP contribution in [0, 0.1) is 10.5 Å². The molecule has 3 aromatic rings. The van der Waals surface area contributed by atoms with Crippen molar-refractivity contribution in [1.29, 1.82) is 0 Å². The Bertz CT molecular complexity index is 853. The molecule has 2 aromatic carbocycles. The third-order valence-electron chi connectivity index (χ3n) is 4.28. The molecule has 0 fully saturated rings. The summed E-state index contributed by atoms with van der Waals surface area (Å²) in [5.41, 5.74) is 7.43. The van der Waals surface area contributed by atoms with Gasteiger partial charge in [0.25, 0.3) is 0 Å². The highest BCUT2D eigenvalue weighted by molar-refractivity contribution is 14.1. The van der Waals surface area contributed by atoms with Gasteiger partial charge in [-0.25, -0.2) is 0 Å². The van der Waals surface area contributed by atoms with E-state index in [0.717, 1.165) is 24.0 Å². The molecule has 0 bridgehead atoms. The third kappa shape index (κ3) is 2.47. The van der Waals surface area contributed by atoms with Crippen molar-refractivity contribution in [2.24, 2.45) is 0 Å². The molecule has 0 radical (unpaired) electrons. The quantitative estimate of drug-likeness (QED) is 0.585. The Morgan fingerprint density at radius 1 is 1.05 bits per heavy atom. The summed E-state index contributed by atoms with van der Waals surface area (Å²) in [4.78, 5) is 4.87. The lowest BCUT2D eigenvalue weighted by Crippen LogP contribution is -2.00. The second-order valence-electron chi connectivity index (χ2n) is 5.92. The average Bonchev–Trinajstić information content (AvgIpc) is 2.98. The van der Waals surface area contributed by atoms with Crippen LogP contribution in [0.4, 0.5) is 11.4 Å². The number of hydrogen-bond acceptors (Lipinski definition) is 2.